The van der Waals surface area contributed by atoms with Crippen LogP contribution in [0.4, 0.5) is 18.9 Å². The topological polar surface area (TPSA) is 92.8 Å². The van der Waals surface area contributed by atoms with Crippen molar-refractivity contribution in [3.05, 3.63) is 48.0 Å². The number of benzene rings is 2. The fourth-order valence-electron chi connectivity index (χ4n) is 2.79. The molecule has 0 aliphatic heterocycles. The van der Waals surface area contributed by atoms with Crippen LogP contribution in [0.3, 0.4) is 0 Å². The minimum absolute atomic E-state index is 0.0385. The first kappa shape index (κ1) is 25.0. The Morgan fingerprint density at radius 2 is 1.58 bits per heavy atom. The van der Waals surface area contributed by atoms with Crippen molar-refractivity contribution in [3.8, 4) is 5.75 Å². The first-order chi connectivity index (χ1) is 14.4. The quantitative estimate of drug-likeness (QED) is 0.587. The standard InChI is InChI=1S/C19H23F3N2O5S2/c1-4-24(5-2)31(27,28)16-10-11-18(29-6-3)17(13-16)23-30(25,26)15-9-7-8-14(12-15)19(20,21)22/h7-13,23H,4-6H2,1-3H3. The minimum atomic E-state index is -4.72. The molecular formula is C19H23F3N2O5S2. The summed E-state index contributed by atoms with van der Waals surface area (Å²) in [5.41, 5.74) is -1.33. The Labute approximate surface area is 179 Å². The molecule has 0 aromatic heterocycles. The highest BCUT2D eigenvalue weighted by Crippen LogP contribution is 2.33. The number of halogens is 3. The summed E-state index contributed by atoms with van der Waals surface area (Å²) in [4.78, 5) is -0.803. The summed E-state index contributed by atoms with van der Waals surface area (Å²) >= 11 is 0. The number of hydrogen-bond acceptors (Lipinski definition) is 5. The third-order valence-corrected chi connectivity index (χ3v) is 7.72. The molecule has 1 N–H and O–H groups in total. The Bertz CT molecular complexity index is 1130. The second-order valence-corrected chi connectivity index (χ2v) is 9.93. The van der Waals surface area contributed by atoms with Crippen molar-refractivity contribution < 1.29 is 34.7 Å². The average Bonchev–Trinajstić information content (AvgIpc) is 2.69. The number of alkyl halides is 3. The lowest BCUT2D eigenvalue weighted by atomic mass is 10.2. The molecule has 0 spiro atoms. The summed E-state index contributed by atoms with van der Waals surface area (Å²) < 4.78 is 98.7. The van der Waals surface area contributed by atoms with Crippen LogP contribution < -0.4 is 9.46 Å². The van der Waals surface area contributed by atoms with Gasteiger partial charge in [-0.15, -0.1) is 0 Å². The van der Waals surface area contributed by atoms with Crippen molar-refractivity contribution in [1.29, 1.82) is 0 Å². The molecule has 0 atom stereocenters. The molecule has 0 saturated heterocycles. The van der Waals surface area contributed by atoms with E-state index in [1.807, 2.05) is 0 Å². The molecular weight excluding hydrogens is 457 g/mol. The highest BCUT2D eigenvalue weighted by Gasteiger charge is 2.32. The van der Waals surface area contributed by atoms with E-state index in [0.717, 1.165) is 24.3 Å². The van der Waals surface area contributed by atoms with E-state index in [9.17, 15) is 30.0 Å². The molecule has 31 heavy (non-hydrogen) atoms. The molecule has 0 unspecified atom stereocenters. The number of anilines is 1. The average molecular weight is 481 g/mol. The van der Waals surface area contributed by atoms with Crippen LogP contribution in [0.2, 0.25) is 0 Å². The molecule has 0 amide bonds. The van der Waals surface area contributed by atoms with E-state index in [4.69, 9.17) is 4.74 Å². The zero-order chi connectivity index (χ0) is 23.4. The number of nitrogens with zero attached hydrogens (tertiary/aromatic N) is 1. The van der Waals surface area contributed by atoms with Crippen molar-refractivity contribution in [1.82, 2.24) is 4.31 Å². The zero-order valence-corrected chi connectivity index (χ0v) is 18.7. The van der Waals surface area contributed by atoms with Gasteiger partial charge >= 0.3 is 6.18 Å². The summed E-state index contributed by atoms with van der Waals surface area (Å²) in [5, 5.41) is 0. The van der Waals surface area contributed by atoms with Gasteiger partial charge in [0, 0.05) is 13.1 Å². The molecule has 0 fully saturated rings. The second kappa shape index (κ2) is 9.45. The van der Waals surface area contributed by atoms with E-state index < -0.39 is 36.7 Å². The van der Waals surface area contributed by atoms with E-state index >= 15 is 0 Å². The first-order valence-electron chi connectivity index (χ1n) is 9.33. The highest BCUT2D eigenvalue weighted by atomic mass is 32.2. The molecule has 0 radical (unpaired) electrons. The zero-order valence-electron chi connectivity index (χ0n) is 17.1. The number of rotatable bonds is 9. The number of ether oxygens (including phenoxy) is 1. The van der Waals surface area contributed by atoms with Gasteiger partial charge in [-0.2, -0.15) is 17.5 Å². The van der Waals surface area contributed by atoms with Gasteiger partial charge in [-0.1, -0.05) is 19.9 Å². The Kier molecular flexibility index (Phi) is 7.61. The Hall–Kier alpha value is -2.31. The van der Waals surface area contributed by atoms with Gasteiger partial charge in [-0.25, -0.2) is 16.8 Å². The van der Waals surface area contributed by atoms with Crippen LogP contribution in [0.25, 0.3) is 0 Å². The molecule has 7 nitrogen and oxygen atoms in total. The first-order valence-corrected chi connectivity index (χ1v) is 12.3. The number of nitrogens with one attached hydrogen (secondary N) is 1. The SMILES string of the molecule is CCOc1ccc(S(=O)(=O)N(CC)CC)cc1NS(=O)(=O)c1cccc(C(F)(F)F)c1. The summed E-state index contributed by atoms with van der Waals surface area (Å²) in [6.07, 6.45) is -4.72. The molecule has 2 aromatic rings. The molecule has 0 aliphatic rings. The second-order valence-electron chi connectivity index (χ2n) is 6.31. The van der Waals surface area contributed by atoms with Crippen LogP contribution in [-0.2, 0) is 26.2 Å². The maximum Gasteiger partial charge on any atom is 0.416 e. The van der Waals surface area contributed by atoms with E-state index in [1.165, 1.54) is 16.4 Å². The van der Waals surface area contributed by atoms with E-state index in [0.29, 0.717) is 6.07 Å². The van der Waals surface area contributed by atoms with E-state index in [2.05, 4.69) is 4.72 Å². The maximum absolute atomic E-state index is 13.0. The van der Waals surface area contributed by atoms with E-state index in [-0.39, 0.29) is 36.0 Å². The summed E-state index contributed by atoms with van der Waals surface area (Å²) in [6.45, 7) is 5.53. The van der Waals surface area contributed by atoms with Crippen molar-refractivity contribution >= 4 is 25.7 Å². The van der Waals surface area contributed by atoms with Gasteiger partial charge in [0.05, 0.1) is 27.6 Å². The van der Waals surface area contributed by atoms with Crippen LogP contribution in [0.15, 0.2) is 52.3 Å². The third kappa shape index (κ3) is 5.69. The van der Waals surface area contributed by atoms with Gasteiger partial charge in [-0.05, 0) is 43.3 Å². The maximum atomic E-state index is 13.0. The molecule has 172 valence electrons. The predicted octanol–water partition coefficient (Wildman–Crippen LogP) is 3.94. The normalized spacial score (nSPS) is 12.7. The molecule has 0 heterocycles. The monoisotopic (exact) mass is 480 g/mol. The Morgan fingerprint density at radius 3 is 2.13 bits per heavy atom. The van der Waals surface area contributed by atoms with Gasteiger partial charge in [-0.3, -0.25) is 4.72 Å². The largest absolute Gasteiger partial charge is 0.492 e. The molecule has 12 heteroatoms. The molecule has 2 rings (SSSR count). The minimum Gasteiger partial charge on any atom is -0.492 e. The van der Waals surface area contributed by atoms with Gasteiger partial charge in [0.1, 0.15) is 5.75 Å². The highest BCUT2D eigenvalue weighted by molar-refractivity contribution is 7.92. The summed E-state index contributed by atoms with van der Waals surface area (Å²) in [5.74, 6) is 0.0385. The Morgan fingerprint density at radius 1 is 0.935 bits per heavy atom. The molecule has 0 bridgehead atoms. The van der Waals surface area contributed by atoms with Crippen molar-refractivity contribution in [2.45, 2.75) is 36.7 Å². The van der Waals surface area contributed by atoms with Crippen LogP contribution in [0.1, 0.15) is 26.3 Å². The lowest BCUT2D eigenvalue weighted by Crippen LogP contribution is -2.30. The molecule has 0 saturated carbocycles. The fourth-order valence-corrected chi connectivity index (χ4v) is 5.38. The summed E-state index contributed by atoms with van der Waals surface area (Å²) in [6, 6.07) is 6.89. The van der Waals surface area contributed by atoms with Gasteiger partial charge in [0.2, 0.25) is 10.0 Å². The van der Waals surface area contributed by atoms with Gasteiger partial charge in [0.25, 0.3) is 10.0 Å². The Balaban J connectivity index is 2.54. The smallest absolute Gasteiger partial charge is 0.416 e. The molecule has 2 aromatic carbocycles. The lowest BCUT2D eigenvalue weighted by Gasteiger charge is -2.20. The van der Waals surface area contributed by atoms with Crippen molar-refractivity contribution in [3.63, 3.8) is 0 Å². The summed E-state index contributed by atoms with van der Waals surface area (Å²) in [7, 11) is -8.38. The van der Waals surface area contributed by atoms with Crippen molar-refractivity contribution in [2.75, 3.05) is 24.4 Å². The fraction of sp³-hybridized carbons (Fsp3) is 0.368. The van der Waals surface area contributed by atoms with Crippen LogP contribution in [0.5, 0.6) is 5.75 Å². The van der Waals surface area contributed by atoms with Crippen LogP contribution in [0, 0.1) is 0 Å². The van der Waals surface area contributed by atoms with Crippen LogP contribution in [-0.4, -0.2) is 40.8 Å². The third-order valence-electron chi connectivity index (χ3n) is 4.31. The number of hydrogen-bond donors (Lipinski definition) is 1. The van der Waals surface area contributed by atoms with Crippen LogP contribution >= 0.6 is 0 Å². The predicted molar refractivity (Wildman–Crippen MR) is 110 cm³/mol. The van der Waals surface area contributed by atoms with Gasteiger partial charge < -0.3 is 4.74 Å². The number of sulfonamides is 2. The van der Waals surface area contributed by atoms with Crippen molar-refractivity contribution in [2.24, 2.45) is 0 Å². The lowest BCUT2D eigenvalue weighted by molar-refractivity contribution is -0.137. The van der Waals surface area contributed by atoms with E-state index in [1.54, 1.807) is 20.8 Å². The molecule has 0 aliphatic carbocycles. The van der Waals surface area contributed by atoms with Gasteiger partial charge in [0.15, 0.2) is 0 Å².